The van der Waals surface area contributed by atoms with E-state index >= 15 is 0 Å². The molecule has 0 bridgehead atoms. The lowest BCUT2D eigenvalue weighted by Gasteiger charge is -2.24. The van der Waals surface area contributed by atoms with E-state index in [1.54, 1.807) is 6.07 Å². The maximum Gasteiger partial charge on any atom is 0.320 e. The predicted molar refractivity (Wildman–Crippen MR) is 34.0 cm³/mol. The lowest BCUT2D eigenvalue weighted by Crippen LogP contribution is -2.24. The molecule has 0 N–H and O–H groups in total. The molecule has 0 atom stereocenters. The summed E-state index contributed by atoms with van der Waals surface area (Å²) in [5, 5.41) is 8.09. The predicted octanol–water partition coefficient (Wildman–Crippen LogP) is 0.996. The minimum absolute atomic E-state index is 0.112. The molecule has 3 heteroatoms. The number of hydrogen-bond acceptors (Lipinski definition) is 3. The lowest BCUT2D eigenvalue weighted by atomic mass is 9.96. The Morgan fingerprint density at radius 2 is 2.40 bits per heavy atom. The highest BCUT2D eigenvalue weighted by Gasteiger charge is 2.20. The fraction of sp³-hybridized carbons (Fsp3) is 0.714. The van der Waals surface area contributed by atoms with Gasteiger partial charge in [0.05, 0.1) is 6.07 Å². The second-order valence-corrected chi connectivity index (χ2v) is 2.38. The van der Waals surface area contributed by atoms with Gasteiger partial charge in [0.1, 0.15) is 12.5 Å². The smallest absolute Gasteiger partial charge is 0.320 e. The van der Waals surface area contributed by atoms with Gasteiger partial charge in [-0.15, -0.1) is 0 Å². The third-order valence-corrected chi connectivity index (χ3v) is 1.57. The van der Waals surface area contributed by atoms with Gasteiger partial charge in [-0.3, -0.25) is 4.79 Å². The van der Waals surface area contributed by atoms with E-state index in [0.29, 0.717) is 0 Å². The largest absolute Gasteiger partial charge is 0.462 e. The highest BCUT2D eigenvalue weighted by atomic mass is 16.5. The van der Waals surface area contributed by atoms with Crippen LogP contribution in [-0.4, -0.2) is 12.1 Å². The standard InChI is InChI=1S/C7H9NO2/c8-5-4-7(9)10-6-2-1-3-6/h6H,1-4H2. The zero-order valence-electron chi connectivity index (χ0n) is 5.67. The van der Waals surface area contributed by atoms with Crippen LogP contribution in [0.25, 0.3) is 0 Å². The van der Waals surface area contributed by atoms with E-state index in [2.05, 4.69) is 0 Å². The van der Waals surface area contributed by atoms with E-state index in [4.69, 9.17) is 10.00 Å². The van der Waals surface area contributed by atoms with Crippen molar-refractivity contribution in [2.24, 2.45) is 0 Å². The minimum Gasteiger partial charge on any atom is -0.462 e. The van der Waals surface area contributed by atoms with Gasteiger partial charge in [0.15, 0.2) is 0 Å². The van der Waals surface area contributed by atoms with Gasteiger partial charge in [-0.2, -0.15) is 5.26 Å². The highest BCUT2D eigenvalue weighted by Crippen LogP contribution is 2.21. The van der Waals surface area contributed by atoms with Gasteiger partial charge in [-0.05, 0) is 19.3 Å². The van der Waals surface area contributed by atoms with Crippen LogP contribution in [0.3, 0.4) is 0 Å². The molecule has 1 aliphatic carbocycles. The molecular formula is C7H9NO2. The van der Waals surface area contributed by atoms with Gasteiger partial charge in [-0.1, -0.05) is 0 Å². The maximum absolute atomic E-state index is 10.6. The summed E-state index contributed by atoms with van der Waals surface area (Å²) in [7, 11) is 0. The number of hydrogen-bond donors (Lipinski definition) is 0. The van der Waals surface area contributed by atoms with Crippen LogP contribution in [0.2, 0.25) is 0 Å². The van der Waals surface area contributed by atoms with E-state index < -0.39 is 0 Å². The molecule has 1 fully saturated rings. The molecule has 3 nitrogen and oxygen atoms in total. The average molecular weight is 139 g/mol. The Balaban J connectivity index is 2.12. The first-order chi connectivity index (χ1) is 4.83. The van der Waals surface area contributed by atoms with Crippen LogP contribution in [0.4, 0.5) is 0 Å². The molecule has 0 radical (unpaired) electrons. The van der Waals surface area contributed by atoms with Gasteiger partial charge in [-0.25, -0.2) is 0 Å². The van der Waals surface area contributed by atoms with Crippen LogP contribution < -0.4 is 0 Å². The zero-order valence-corrected chi connectivity index (χ0v) is 5.67. The fourth-order valence-electron chi connectivity index (χ4n) is 0.781. The second kappa shape index (κ2) is 3.21. The number of esters is 1. The third kappa shape index (κ3) is 1.73. The number of carbonyl (C=O) groups is 1. The summed E-state index contributed by atoms with van der Waals surface area (Å²) in [5.74, 6) is -0.382. The van der Waals surface area contributed by atoms with Crippen molar-refractivity contribution in [1.29, 1.82) is 5.26 Å². The van der Waals surface area contributed by atoms with Crippen molar-refractivity contribution in [3.05, 3.63) is 0 Å². The number of carbonyl (C=O) groups excluding carboxylic acids is 1. The van der Waals surface area contributed by atoms with E-state index in [-0.39, 0.29) is 18.5 Å². The van der Waals surface area contributed by atoms with Crippen molar-refractivity contribution in [3.8, 4) is 6.07 Å². The van der Waals surface area contributed by atoms with Crippen molar-refractivity contribution >= 4 is 5.97 Å². The molecule has 0 aromatic carbocycles. The van der Waals surface area contributed by atoms with Gasteiger partial charge < -0.3 is 4.74 Å². The summed E-state index contributed by atoms with van der Waals surface area (Å²) in [6.45, 7) is 0. The van der Waals surface area contributed by atoms with E-state index in [1.807, 2.05) is 0 Å². The van der Waals surface area contributed by atoms with E-state index in [1.165, 1.54) is 0 Å². The maximum atomic E-state index is 10.6. The van der Waals surface area contributed by atoms with Crippen molar-refractivity contribution in [3.63, 3.8) is 0 Å². The molecule has 1 saturated carbocycles. The summed E-state index contributed by atoms with van der Waals surface area (Å²) >= 11 is 0. The van der Waals surface area contributed by atoms with Gasteiger partial charge in [0, 0.05) is 0 Å². The molecule has 0 spiro atoms. The zero-order chi connectivity index (χ0) is 7.40. The molecule has 0 aromatic rings. The summed E-state index contributed by atoms with van der Waals surface area (Å²) in [6, 6.07) is 1.75. The Kier molecular flexibility index (Phi) is 2.27. The number of nitrogens with zero attached hydrogens (tertiary/aromatic N) is 1. The topological polar surface area (TPSA) is 50.1 Å². The summed E-state index contributed by atoms with van der Waals surface area (Å²) in [5.41, 5.74) is 0. The Morgan fingerprint density at radius 1 is 1.70 bits per heavy atom. The molecule has 0 aliphatic heterocycles. The first-order valence-electron chi connectivity index (χ1n) is 3.39. The molecular weight excluding hydrogens is 130 g/mol. The summed E-state index contributed by atoms with van der Waals surface area (Å²) in [4.78, 5) is 10.6. The van der Waals surface area contributed by atoms with E-state index in [9.17, 15) is 4.79 Å². The van der Waals surface area contributed by atoms with Crippen LogP contribution >= 0.6 is 0 Å². The third-order valence-electron chi connectivity index (χ3n) is 1.57. The molecule has 0 heterocycles. The van der Waals surface area contributed by atoms with E-state index in [0.717, 1.165) is 19.3 Å². The molecule has 0 unspecified atom stereocenters. The molecule has 10 heavy (non-hydrogen) atoms. The fourth-order valence-corrected chi connectivity index (χ4v) is 0.781. The lowest BCUT2D eigenvalue weighted by molar-refractivity contribution is -0.151. The van der Waals surface area contributed by atoms with Crippen molar-refractivity contribution in [1.82, 2.24) is 0 Å². The monoisotopic (exact) mass is 139 g/mol. The summed E-state index contributed by atoms with van der Waals surface area (Å²) in [6.07, 6.45) is 3.08. The van der Waals surface area contributed by atoms with Crippen LogP contribution in [0, 0.1) is 11.3 Å². The minimum atomic E-state index is -0.382. The molecule has 1 aliphatic rings. The highest BCUT2D eigenvalue weighted by molar-refractivity contribution is 5.71. The van der Waals surface area contributed by atoms with Gasteiger partial charge >= 0.3 is 5.97 Å². The van der Waals surface area contributed by atoms with Crippen LogP contribution in [0.5, 0.6) is 0 Å². The first-order valence-corrected chi connectivity index (χ1v) is 3.39. The van der Waals surface area contributed by atoms with Crippen LogP contribution in [0.15, 0.2) is 0 Å². The summed E-state index contributed by atoms with van der Waals surface area (Å²) < 4.78 is 4.87. The van der Waals surface area contributed by atoms with Crippen molar-refractivity contribution < 1.29 is 9.53 Å². The molecule has 54 valence electrons. The first kappa shape index (κ1) is 7.07. The quantitative estimate of drug-likeness (QED) is 0.536. The van der Waals surface area contributed by atoms with Gasteiger partial charge in [0.2, 0.25) is 0 Å². The molecule has 1 rings (SSSR count). The normalized spacial score (nSPS) is 17.1. The Morgan fingerprint density at radius 3 is 2.80 bits per heavy atom. The SMILES string of the molecule is N#CCC(=O)OC1CCC1. The molecule has 0 saturated heterocycles. The van der Waals surface area contributed by atoms with Crippen molar-refractivity contribution in [2.75, 3.05) is 0 Å². The van der Waals surface area contributed by atoms with Gasteiger partial charge in [0.25, 0.3) is 0 Å². The Bertz CT molecular complexity index is 167. The average Bonchev–Trinajstić information content (AvgIpc) is 1.80. The second-order valence-electron chi connectivity index (χ2n) is 2.38. The molecule has 0 amide bonds. The Labute approximate surface area is 59.6 Å². The number of nitriles is 1. The Hall–Kier alpha value is -1.04. The van der Waals surface area contributed by atoms with Crippen LogP contribution in [-0.2, 0) is 9.53 Å². The molecule has 0 aromatic heterocycles. The van der Waals surface area contributed by atoms with Crippen LogP contribution in [0.1, 0.15) is 25.7 Å². The number of rotatable bonds is 2. The number of ether oxygens (including phenoxy) is 1. The van der Waals surface area contributed by atoms with Crippen molar-refractivity contribution in [2.45, 2.75) is 31.8 Å².